The molecule has 0 saturated heterocycles. The highest BCUT2D eigenvalue weighted by Gasteiger charge is 2.25. The minimum absolute atomic E-state index is 0.0621. The van der Waals surface area contributed by atoms with Crippen molar-refractivity contribution in [1.82, 2.24) is 20.1 Å². The van der Waals surface area contributed by atoms with Crippen LogP contribution in [0.5, 0.6) is 5.75 Å². The number of nitrogens with zero attached hydrogens (tertiary/aromatic N) is 3. The zero-order valence-corrected chi connectivity index (χ0v) is 13.5. The monoisotopic (exact) mass is 338 g/mol. The molecule has 2 aromatic heterocycles. The highest BCUT2D eigenvalue weighted by Crippen LogP contribution is 2.32. The lowest BCUT2D eigenvalue weighted by Crippen LogP contribution is -2.26. The number of ether oxygens (including phenoxy) is 1. The molecule has 6 heteroatoms. The number of rotatable bonds is 6. The summed E-state index contributed by atoms with van der Waals surface area (Å²) in [6.07, 6.45) is 3.55. The van der Waals surface area contributed by atoms with Gasteiger partial charge in [0.25, 0.3) is 0 Å². The lowest BCUT2D eigenvalue weighted by molar-refractivity contribution is 0.398. The molecule has 1 N–H and O–H groups in total. The van der Waals surface area contributed by atoms with Crippen molar-refractivity contribution in [1.29, 1.82) is 0 Å². The van der Waals surface area contributed by atoms with E-state index in [4.69, 9.17) is 4.74 Å². The number of halogens is 1. The Morgan fingerprint density at radius 2 is 2.25 bits per heavy atom. The van der Waals surface area contributed by atoms with Crippen LogP contribution in [0.25, 0.3) is 0 Å². The molecule has 0 fully saturated rings. The molecule has 0 aliphatic rings. The van der Waals surface area contributed by atoms with E-state index in [1.54, 1.807) is 19.5 Å². The first-order valence-corrected chi connectivity index (χ1v) is 7.45. The highest BCUT2D eigenvalue weighted by atomic mass is 79.9. The summed E-state index contributed by atoms with van der Waals surface area (Å²) in [5.74, 6) is 0.773. The zero-order chi connectivity index (χ0) is 14.5. The third-order valence-corrected chi connectivity index (χ3v) is 3.78. The van der Waals surface area contributed by atoms with Gasteiger partial charge in [0.1, 0.15) is 5.69 Å². The van der Waals surface area contributed by atoms with Gasteiger partial charge in [0.2, 0.25) is 0 Å². The van der Waals surface area contributed by atoms with Gasteiger partial charge in [0.15, 0.2) is 5.75 Å². The molecular weight excluding hydrogens is 320 g/mol. The van der Waals surface area contributed by atoms with Gasteiger partial charge in [-0.1, -0.05) is 6.92 Å². The average Bonchev–Trinajstić information content (AvgIpc) is 2.88. The molecule has 0 saturated carbocycles. The van der Waals surface area contributed by atoms with E-state index < -0.39 is 0 Å². The van der Waals surface area contributed by atoms with Crippen LogP contribution in [-0.2, 0) is 6.54 Å². The fourth-order valence-corrected chi connectivity index (χ4v) is 2.70. The molecule has 0 aliphatic heterocycles. The average molecular weight is 339 g/mol. The van der Waals surface area contributed by atoms with Gasteiger partial charge in [0, 0.05) is 17.2 Å². The van der Waals surface area contributed by atoms with E-state index in [1.165, 1.54) is 0 Å². The standard InChI is InChI=1S/C14H19BrN4O/c1-4-16-13(12-10(15)7-6-8-17-12)14-11(20-3)9-18-19(14)5-2/h6-9,13,16H,4-5H2,1-3H3. The number of aryl methyl sites for hydroxylation is 1. The van der Waals surface area contributed by atoms with E-state index in [0.717, 1.165) is 34.7 Å². The lowest BCUT2D eigenvalue weighted by atomic mass is 10.1. The molecule has 0 radical (unpaired) electrons. The van der Waals surface area contributed by atoms with E-state index in [0.29, 0.717) is 0 Å². The number of hydrogen-bond acceptors (Lipinski definition) is 4. The third kappa shape index (κ3) is 2.86. The summed E-state index contributed by atoms with van der Waals surface area (Å²) >= 11 is 3.57. The zero-order valence-electron chi connectivity index (χ0n) is 11.9. The second-order valence-corrected chi connectivity index (χ2v) is 5.13. The molecule has 1 atom stereocenters. The van der Waals surface area contributed by atoms with Crippen LogP contribution in [0.2, 0.25) is 0 Å². The molecule has 0 amide bonds. The highest BCUT2D eigenvalue weighted by molar-refractivity contribution is 9.10. The fraction of sp³-hybridized carbons (Fsp3) is 0.429. The minimum Gasteiger partial charge on any atom is -0.493 e. The van der Waals surface area contributed by atoms with Gasteiger partial charge in [-0.05, 0) is 41.5 Å². The molecule has 0 spiro atoms. The molecule has 2 aromatic rings. The molecular formula is C14H19BrN4O. The van der Waals surface area contributed by atoms with Crippen molar-refractivity contribution in [2.24, 2.45) is 0 Å². The van der Waals surface area contributed by atoms with Crippen LogP contribution in [0.3, 0.4) is 0 Å². The summed E-state index contributed by atoms with van der Waals surface area (Å²) in [5.41, 5.74) is 1.93. The molecule has 2 rings (SSSR count). The summed E-state index contributed by atoms with van der Waals surface area (Å²) in [6.45, 7) is 5.74. The second kappa shape index (κ2) is 6.85. The van der Waals surface area contributed by atoms with Gasteiger partial charge in [-0.3, -0.25) is 9.67 Å². The summed E-state index contributed by atoms with van der Waals surface area (Å²) < 4.78 is 8.36. The van der Waals surface area contributed by atoms with Crippen molar-refractivity contribution in [3.8, 4) is 5.75 Å². The third-order valence-electron chi connectivity index (χ3n) is 3.11. The maximum Gasteiger partial charge on any atom is 0.161 e. The van der Waals surface area contributed by atoms with E-state index in [9.17, 15) is 0 Å². The van der Waals surface area contributed by atoms with Crippen molar-refractivity contribution in [3.63, 3.8) is 0 Å². The maximum atomic E-state index is 5.45. The number of pyridine rings is 1. The van der Waals surface area contributed by atoms with Crippen LogP contribution in [0.1, 0.15) is 31.3 Å². The Labute approximate surface area is 127 Å². The van der Waals surface area contributed by atoms with E-state index in [1.807, 2.05) is 16.8 Å². The van der Waals surface area contributed by atoms with Gasteiger partial charge in [-0.15, -0.1) is 0 Å². The van der Waals surface area contributed by atoms with Crippen LogP contribution in [0.4, 0.5) is 0 Å². The first kappa shape index (κ1) is 15.0. The first-order valence-electron chi connectivity index (χ1n) is 6.66. The molecule has 0 aliphatic carbocycles. The SMILES string of the molecule is CCNC(c1ncccc1Br)c1c(OC)cnn1CC. The fourth-order valence-electron chi connectivity index (χ4n) is 2.22. The van der Waals surface area contributed by atoms with Crippen LogP contribution >= 0.6 is 15.9 Å². The normalized spacial score (nSPS) is 12.4. The number of methoxy groups -OCH3 is 1. The van der Waals surface area contributed by atoms with Crippen LogP contribution in [-0.4, -0.2) is 28.4 Å². The number of hydrogen-bond donors (Lipinski definition) is 1. The Balaban J connectivity index is 2.54. The molecule has 2 heterocycles. The second-order valence-electron chi connectivity index (χ2n) is 4.28. The van der Waals surface area contributed by atoms with Crippen molar-refractivity contribution >= 4 is 15.9 Å². The molecule has 0 bridgehead atoms. The summed E-state index contributed by atoms with van der Waals surface area (Å²) in [6, 6.07) is 3.84. The van der Waals surface area contributed by atoms with E-state index >= 15 is 0 Å². The molecule has 108 valence electrons. The Hall–Kier alpha value is -1.40. The van der Waals surface area contributed by atoms with Crippen molar-refractivity contribution in [2.75, 3.05) is 13.7 Å². The van der Waals surface area contributed by atoms with Gasteiger partial charge in [-0.25, -0.2) is 0 Å². The molecule has 1 unspecified atom stereocenters. The lowest BCUT2D eigenvalue weighted by Gasteiger charge is -2.20. The van der Waals surface area contributed by atoms with Crippen molar-refractivity contribution in [3.05, 3.63) is 40.4 Å². The Morgan fingerprint density at radius 1 is 1.45 bits per heavy atom. The molecule has 0 aromatic carbocycles. The van der Waals surface area contributed by atoms with Crippen LogP contribution in [0.15, 0.2) is 29.0 Å². The predicted molar refractivity (Wildman–Crippen MR) is 81.9 cm³/mol. The van der Waals surface area contributed by atoms with Gasteiger partial charge >= 0.3 is 0 Å². The molecule has 5 nitrogen and oxygen atoms in total. The summed E-state index contributed by atoms with van der Waals surface area (Å²) in [4.78, 5) is 4.50. The van der Waals surface area contributed by atoms with Gasteiger partial charge < -0.3 is 10.1 Å². The van der Waals surface area contributed by atoms with Crippen LogP contribution in [0, 0.1) is 0 Å². The minimum atomic E-state index is -0.0621. The number of aromatic nitrogens is 3. The number of nitrogens with one attached hydrogen (secondary N) is 1. The Bertz CT molecular complexity index is 549. The first-order chi connectivity index (χ1) is 9.72. The largest absolute Gasteiger partial charge is 0.493 e. The Morgan fingerprint density at radius 3 is 2.85 bits per heavy atom. The van der Waals surface area contributed by atoms with Gasteiger partial charge in [-0.2, -0.15) is 5.10 Å². The summed E-state index contributed by atoms with van der Waals surface area (Å²) in [5, 5.41) is 7.83. The van der Waals surface area contributed by atoms with Gasteiger partial charge in [0.05, 0.1) is 25.0 Å². The smallest absolute Gasteiger partial charge is 0.161 e. The van der Waals surface area contributed by atoms with E-state index in [-0.39, 0.29) is 6.04 Å². The Kier molecular flexibility index (Phi) is 5.14. The summed E-state index contributed by atoms with van der Waals surface area (Å²) in [7, 11) is 1.66. The topological polar surface area (TPSA) is 52.0 Å². The molecule has 20 heavy (non-hydrogen) atoms. The van der Waals surface area contributed by atoms with Crippen molar-refractivity contribution < 1.29 is 4.74 Å². The quantitative estimate of drug-likeness (QED) is 0.879. The predicted octanol–water partition coefficient (Wildman–Crippen LogP) is 2.77. The maximum absolute atomic E-state index is 5.45. The van der Waals surface area contributed by atoms with Crippen LogP contribution < -0.4 is 10.1 Å². The van der Waals surface area contributed by atoms with E-state index in [2.05, 4.69) is 45.2 Å². The van der Waals surface area contributed by atoms with Crippen molar-refractivity contribution in [2.45, 2.75) is 26.4 Å².